The number of aromatic nitrogens is 4. The lowest BCUT2D eigenvalue weighted by Crippen LogP contribution is -1.90. The van der Waals surface area contributed by atoms with Crippen molar-refractivity contribution in [1.82, 2.24) is 20.6 Å². The van der Waals surface area contributed by atoms with Crippen molar-refractivity contribution in [1.29, 1.82) is 0 Å². The van der Waals surface area contributed by atoms with E-state index in [1.165, 1.54) is 5.56 Å². The zero-order valence-corrected chi connectivity index (χ0v) is 11.2. The molecule has 0 saturated heterocycles. The molecular weight excluding hydrogens is 264 g/mol. The Bertz CT molecular complexity index is 866. The van der Waals surface area contributed by atoms with Crippen LogP contribution in [0, 0.1) is 0 Å². The molecule has 2 aromatic carbocycles. The minimum absolute atomic E-state index is 0.630. The third-order valence-electron chi connectivity index (χ3n) is 3.46. The van der Waals surface area contributed by atoms with Gasteiger partial charge < -0.3 is 4.42 Å². The average Bonchev–Trinajstić information content (AvgIpc) is 3.14. The van der Waals surface area contributed by atoms with Gasteiger partial charge in [-0.1, -0.05) is 48.5 Å². The van der Waals surface area contributed by atoms with E-state index in [1.807, 2.05) is 42.5 Å². The van der Waals surface area contributed by atoms with E-state index in [0.717, 1.165) is 22.3 Å². The summed E-state index contributed by atoms with van der Waals surface area (Å²) >= 11 is 0. The lowest BCUT2D eigenvalue weighted by atomic mass is 10.0. The zero-order valence-electron chi connectivity index (χ0n) is 11.2. The molecule has 0 spiro atoms. The van der Waals surface area contributed by atoms with Gasteiger partial charge in [-0.15, -0.1) is 5.10 Å². The number of nitrogens with zero attached hydrogens (tertiary/aromatic N) is 3. The van der Waals surface area contributed by atoms with Gasteiger partial charge in [-0.25, -0.2) is 5.10 Å². The van der Waals surface area contributed by atoms with E-state index in [4.69, 9.17) is 4.42 Å². The second kappa shape index (κ2) is 4.86. The smallest absolute Gasteiger partial charge is 0.183 e. The molecule has 1 N–H and O–H groups in total. The monoisotopic (exact) mass is 276 g/mol. The molecule has 0 atom stereocenters. The van der Waals surface area contributed by atoms with Crippen LogP contribution in [-0.2, 0) is 6.42 Å². The molecule has 0 unspecified atom stereocenters. The Hall–Kier alpha value is -2.95. The molecular formula is C16H12N4O. The summed E-state index contributed by atoms with van der Waals surface area (Å²) < 4.78 is 6.01. The fourth-order valence-corrected chi connectivity index (χ4v) is 2.53. The van der Waals surface area contributed by atoms with Gasteiger partial charge in [0.25, 0.3) is 0 Å². The van der Waals surface area contributed by atoms with Gasteiger partial charge >= 0.3 is 0 Å². The Morgan fingerprint density at radius 2 is 1.76 bits per heavy atom. The van der Waals surface area contributed by atoms with Gasteiger partial charge in [0.2, 0.25) is 0 Å². The van der Waals surface area contributed by atoms with Crippen molar-refractivity contribution in [3.63, 3.8) is 0 Å². The molecule has 21 heavy (non-hydrogen) atoms. The van der Waals surface area contributed by atoms with E-state index in [0.29, 0.717) is 12.2 Å². The van der Waals surface area contributed by atoms with Crippen LogP contribution >= 0.6 is 0 Å². The number of nitrogens with one attached hydrogen (secondary N) is 1. The normalized spacial score (nSPS) is 11.0. The number of rotatable bonds is 3. The van der Waals surface area contributed by atoms with Gasteiger partial charge in [0.1, 0.15) is 11.3 Å². The molecule has 5 heteroatoms. The quantitative estimate of drug-likeness (QED) is 0.624. The molecule has 102 valence electrons. The summed E-state index contributed by atoms with van der Waals surface area (Å²) in [7, 11) is 0. The molecule has 2 heterocycles. The lowest BCUT2D eigenvalue weighted by Gasteiger charge is -2.00. The second-order valence-electron chi connectivity index (χ2n) is 4.81. The number of para-hydroxylation sites is 1. The van der Waals surface area contributed by atoms with Gasteiger partial charge in [0.05, 0.1) is 5.56 Å². The van der Waals surface area contributed by atoms with Crippen molar-refractivity contribution in [3.8, 4) is 11.4 Å². The van der Waals surface area contributed by atoms with E-state index < -0.39 is 0 Å². The minimum atomic E-state index is 0.630. The van der Waals surface area contributed by atoms with Crippen LogP contribution in [0.15, 0.2) is 59.0 Å². The fraction of sp³-hybridized carbons (Fsp3) is 0.0625. The Kier molecular flexibility index (Phi) is 2.74. The van der Waals surface area contributed by atoms with Crippen LogP contribution in [0.5, 0.6) is 0 Å². The summed E-state index contributed by atoms with van der Waals surface area (Å²) in [4.78, 5) is 0. The highest BCUT2D eigenvalue weighted by atomic mass is 16.3. The Labute approximate surface area is 120 Å². The van der Waals surface area contributed by atoms with Crippen molar-refractivity contribution < 1.29 is 4.42 Å². The molecule has 5 nitrogen and oxygen atoms in total. The van der Waals surface area contributed by atoms with Crippen LogP contribution in [0.4, 0.5) is 0 Å². The van der Waals surface area contributed by atoms with Gasteiger partial charge in [-0.3, -0.25) is 0 Å². The van der Waals surface area contributed by atoms with Gasteiger partial charge in [0, 0.05) is 11.8 Å². The largest absolute Gasteiger partial charge is 0.460 e. The summed E-state index contributed by atoms with van der Waals surface area (Å²) in [6, 6.07) is 18.1. The first kappa shape index (κ1) is 11.8. The van der Waals surface area contributed by atoms with E-state index in [9.17, 15) is 0 Å². The molecule has 2 aromatic heterocycles. The molecule has 0 aliphatic carbocycles. The highest BCUT2D eigenvalue weighted by Gasteiger charge is 2.18. The predicted molar refractivity (Wildman–Crippen MR) is 78.6 cm³/mol. The Balaban J connectivity index is 1.90. The summed E-state index contributed by atoms with van der Waals surface area (Å²) in [5.74, 6) is 1.49. The van der Waals surface area contributed by atoms with Crippen LogP contribution in [0.1, 0.15) is 11.3 Å². The number of hydrogen-bond acceptors (Lipinski definition) is 4. The lowest BCUT2D eigenvalue weighted by molar-refractivity contribution is 0.564. The molecule has 0 fully saturated rings. The van der Waals surface area contributed by atoms with Crippen LogP contribution in [0.2, 0.25) is 0 Å². The first-order valence-electron chi connectivity index (χ1n) is 6.70. The summed E-state index contributed by atoms with van der Waals surface area (Å²) in [6.45, 7) is 0. The molecule has 0 amide bonds. The van der Waals surface area contributed by atoms with E-state index >= 15 is 0 Å². The SMILES string of the molecule is c1ccc(Cc2oc3ccccc3c2-c2nnn[nH]2)cc1. The van der Waals surface area contributed by atoms with Crippen LogP contribution in [-0.4, -0.2) is 20.6 Å². The third-order valence-corrected chi connectivity index (χ3v) is 3.46. The van der Waals surface area contributed by atoms with Gasteiger partial charge in [-0.05, 0) is 22.1 Å². The van der Waals surface area contributed by atoms with Crippen LogP contribution in [0.25, 0.3) is 22.4 Å². The summed E-state index contributed by atoms with van der Waals surface area (Å²) in [6.07, 6.45) is 0.700. The number of fused-ring (bicyclic) bond motifs is 1. The first-order valence-corrected chi connectivity index (χ1v) is 6.70. The van der Waals surface area contributed by atoms with Gasteiger partial charge in [0.15, 0.2) is 5.82 Å². The maximum atomic E-state index is 6.01. The van der Waals surface area contributed by atoms with Crippen LogP contribution < -0.4 is 0 Å². The molecule has 0 aliphatic heterocycles. The summed E-state index contributed by atoms with van der Waals surface area (Å²) in [5, 5.41) is 15.2. The zero-order chi connectivity index (χ0) is 14.1. The standard InChI is InChI=1S/C16H12N4O/c1-2-6-11(7-3-1)10-14-15(16-17-19-20-18-16)12-8-4-5-9-13(12)21-14/h1-9H,10H2,(H,17,18,19,20). The van der Waals surface area contributed by atoms with Gasteiger partial charge in [-0.2, -0.15) is 0 Å². The number of H-pyrrole nitrogens is 1. The number of benzene rings is 2. The van der Waals surface area contributed by atoms with Crippen molar-refractivity contribution >= 4 is 11.0 Å². The van der Waals surface area contributed by atoms with E-state index in [-0.39, 0.29) is 0 Å². The minimum Gasteiger partial charge on any atom is -0.460 e. The highest BCUT2D eigenvalue weighted by molar-refractivity contribution is 5.93. The number of tetrazole rings is 1. The third kappa shape index (κ3) is 2.08. The van der Waals surface area contributed by atoms with Crippen molar-refractivity contribution in [2.24, 2.45) is 0 Å². The summed E-state index contributed by atoms with van der Waals surface area (Å²) in [5.41, 5.74) is 2.96. The molecule has 4 aromatic rings. The molecule has 0 bridgehead atoms. The molecule has 0 aliphatic rings. The fourth-order valence-electron chi connectivity index (χ4n) is 2.53. The topological polar surface area (TPSA) is 67.6 Å². The van der Waals surface area contributed by atoms with E-state index in [1.54, 1.807) is 0 Å². The Morgan fingerprint density at radius 1 is 0.952 bits per heavy atom. The van der Waals surface area contributed by atoms with Crippen LogP contribution in [0.3, 0.4) is 0 Å². The molecule has 0 saturated carbocycles. The highest BCUT2D eigenvalue weighted by Crippen LogP contribution is 2.33. The average molecular weight is 276 g/mol. The van der Waals surface area contributed by atoms with Crippen molar-refractivity contribution in [2.75, 3.05) is 0 Å². The maximum Gasteiger partial charge on any atom is 0.183 e. The van der Waals surface area contributed by atoms with Crippen molar-refractivity contribution in [3.05, 3.63) is 65.9 Å². The maximum absolute atomic E-state index is 6.01. The predicted octanol–water partition coefficient (Wildman–Crippen LogP) is 3.20. The number of aromatic amines is 1. The van der Waals surface area contributed by atoms with Crippen molar-refractivity contribution in [2.45, 2.75) is 6.42 Å². The number of furan rings is 1. The number of hydrogen-bond donors (Lipinski definition) is 1. The molecule has 0 radical (unpaired) electrons. The van der Waals surface area contributed by atoms with E-state index in [2.05, 4.69) is 32.8 Å². The Morgan fingerprint density at radius 3 is 2.57 bits per heavy atom. The molecule has 4 rings (SSSR count). The second-order valence-corrected chi connectivity index (χ2v) is 4.81. The first-order chi connectivity index (χ1) is 10.4.